The zero-order valence-electron chi connectivity index (χ0n) is 20.4. The van der Waals surface area contributed by atoms with E-state index in [4.69, 9.17) is 10.1 Å². The second-order valence-corrected chi connectivity index (χ2v) is 11.9. The predicted octanol–water partition coefficient (Wildman–Crippen LogP) is 3.88. The van der Waals surface area contributed by atoms with E-state index < -0.39 is 15.4 Å². The fourth-order valence-electron chi connectivity index (χ4n) is 5.22. The molecule has 1 aliphatic heterocycles. The van der Waals surface area contributed by atoms with E-state index in [0.717, 1.165) is 59.9 Å². The molecule has 0 amide bonds. The lowest BCUT2D eigenvalue weighted by molar-refractivity contribution is 0.103. The highest BCUT2D eigenvalue weighted by atomic mass is 32.2. The van der Waals surface area contributed by atoms with Crippen LogP contribution in [0.3, 0.4) is 0 Å². The van der Waals surface area contributed by atoms with Gasteiger partial charge >= 0.3 is 0 Å². The number of anilines is 1. The van der Waals surface area contributed by atoms with Gasteiger partial charge in [0.15, 0.2) is 5.78 Å². The van der Waals surface area contributed by atoms with Crippen molar-refractivity contribution in [1.29, 1.82) is 5.41 Å². The van der Waals surface area contributed by atoms with Crippen LogP contribution in [0.4, 0.5) is 5.69 Å². The Balaban J connectivity index is 1.66. The van der Waals surface area contributed by atoms with Gasteiger partial charge in [0.1, 0.15) is 11.9 Å². The third kappa shape index (κ3) is 4.12. The zero-order chi connectivity index (χ0) is 25.1. The van der Waals surface area contributed by atoms with E-state index in [2.05, 4.69) is 21.7 Å². The minimum absolute atomic E-state index is 0.0325. The van der Waals surface area contributed by atoms with Crippen LogP contribution in [0.1, 0.15) is 59.4 Å². The average molecular weight is 495 g/mol. The predicted molar refractivity (Wildman–Crippen MR) is 138 cm³/mol. The maximum absolute atomic E-state index is 13.8. The smallest absolute Gasteiger partial charge is 0.229 e. The molecular formula is C26H30N4O4S. The van der Waals surface area contributed by atoms with Crippen LogP contribution in [0.25, 0.3) is 10.9 Å². The first-order chi connectivity index (χ1) is 16.5. The van der Waals surface area contributed by atoms with Gasteiger partial charge in [0.25, 0.3) is 0 Å². The SMILES string of the molecule is CN1CCC(Oc2cc3c(cc2NS(C)(=O)=O)C(=O)c2c([nH]c4cc(C=N)ccc24)C3(C)C)CC1. The number of ether oxygens (including phenoxy) is 1. The summed E-state index contributed by atoms with van der Waals surface area (Å²) < 4.78 is 33.3. The Bertz CT molecular complexity index is 1460. The summed E-state index contributed by atoms with van der Waals surface area (Å²) in [5.41, 5.74) is 3.90. The summed E-state index contributed by atoms with van der Waals surface area (Å²) >= 11 is 0. The highest BCUT2D eigenvalue weighted by Crippen LogP contribution is 2.47. The molecule has 184 valence electrons. The van der Waals surface area contributed by atoms with Crippen LogP contribution in [0, 0.1) is 5.41 Å². The maximum atomic E-state index is 13.8. The number of ketones is 1. The molecule has 0 bridgehead atoms. The van der Waals surface area contributed by atoms with Crippen molar-refractivity contribution in [2.75, 3.05) is 31.1 Å². The summed E-state index contributed by atoms with van der Waals surface area (Å²) in [6.07, 6.45) is 4.02. The first kappa shape index (κ1) is 23.6. The summed E-state index contributed by atoms with van der Waals surface area (Å²) in [6.45, 7) is 5.91. The number of carbonyl (C=O) groups excluding carboxylic acids is 1. The molecule has 35 heavy (non-hydrogen) atoms. The van der Waals surface area contributed by atoms with Crippen molar-refractivity contribution in [2.24, 2.45) is 0 Å². The van der Waals surface area contributed by atoms with E-state index in [9.17, 15) is 13.2 Å². The molecule has 3 aromatic rings. The number of sulfonamides is 1. The summed E-state index contributed by atoms with van der Waals surface area (Å²) in [6, 6.07) is 8.99. The van der Waals surface area contributed by atoms with E-state index in [1.807, 2.05) is 38.1 Å². The zero-order valence-corrected chi connectivity index (χ0v) is 21.2. The molecule has 2 heterocycles. The molecule has 2 aromatic carbocycles. The Hall–Kier alpha value is -3.17. The number of carbonyl (C=O) groups is 1. The Morgan fingerprint density at radius 1 is 1.20 bits per heavy atom. The van der Waals surface area contributed by atoms with Crippen LogP contribution in [0.2, 0.25) is 0 Å². The number of piperidine rings is 1. The third-order valence-corrected chi connectivity index (χ3v) is 7.72. The molecule has 0 unspecified atom stereocenters. The number of H-pyrrole nitrogens is 1. The van der Waals surface area contributed by atoms with Crippen LogP contribution >= 0.6 is 0 Å². The Morgan fingerprint density at radius 2 is 1.91 bits per heavy atom. The van der Waals surface area contributed by atoms with E-state index in [-0.39, 0.29) is 17.6 Å². The molecule has 1 saturated heterocycles. The number of fused-ring (bicyclic) bond motifs is 4. The molecule has 0 atom stereocenters. The Morgan fingerprint density at radius 3 is 2.57 bits per heavy atom. The van der Waals surface area contributed by atoms with Crippen molar-refractivity contribution < 1.29 is 17.9 Å². The van der Waals surface area contributed by atoms with Gasteiger partial charge in [-0.25, -0.2) is 8.42 Å². The van der Waals surface area contributed by atoms with Crippen LogP contribution in [0.15, 0.2) is 30.3 Å². The minimum atomic E-state index is -3.59. The van der Waals surface area contributed by atoms with E-state index in [1.54, 1.807) is 6.07 Å². The van der Waals surface area contributed by atoms with E-state index in [0.29, 0.717) is 16.9 Å². The molecule has 3 N–H and O–H groups in total. The lowest BCUT2D eigenvalue weighted by atomic mass is 9.71. The second-order valence-electron chi connectivity index (χ2n) is 10.2. The van der Waals surface area contributed by atoms with Gasteiger partial charge in [-0.15, -0.1) is 0 Å². The number of benzene rings is 2. The number of hydrogen-bond acceptors (Lipinski definition) is 6. The molecule has 5 rings (SSSR count). The fourth-order valence-corrected chi connectivity index (χ4v) is 5.78. The highest BCUT2D eigenvalue weighted by molar-refractivity contribution is 7.92. The molecule has 1 aromatic heterocycles. The standard InChI is InChI=1S/C26H30N4O4S/c1-26(2)19-13-22(34-16-7-9-30(3)10-8-16)21(29-35(4,32)33)12-18(19)24(31)23-17-6-5-15(14-27)11-20(17)28-25(23)26/h5-6,11-14,16,27-29H,7-10H2,1-4H3. The van der Waals surface area contributed by atoms with Crippen LogP contribution in [0.5, 0.6) is 5.75 Å². The lowest BCUT2D eigenvalue weighted by Gasteiger charge is -2.34. The van der Waals surface area contributed by atoms with Gasteiger partial charge < -0.3 is 20.0 Å². The summed E-state index contributed by atoms with van der Waals surface area (Å²) in [7, 11) is -1.52. The second kappa shape index (κ2) is 8.20. The van der Waals surface area contributed by atoms with E-state index >= 15 is 0 Å². The van der Waals surface area contributed by atoms with Gasteiger partial charge in [-0.3, -0.25) is 9.52 Å². The van der Waals surface area contributed by atoms with Crippen molar-refractivity contribution in [3.8, 4) is 5.75 Å². The molecule has 0 saturated carbocycles. The summed E-state index contributed by atoms with van der Waals surface area (Å²) in [4.78, 5) is 19.5. The highest BCUT2D eigenvalue weighted by Gasteiger charge is 2.41. The van der Waals surface area contributed by atoms with Crippen molar-refractivity contribution in [3.63, 3.8) is 0 Å². The van der Waals surface area contributed by atoms with Gasteiger partial charge in [0.05, 0.1) is 17.5 Å². The summed E-state index contributed by atoms with van der Waals surface area (Å²) in [5, 5.41) is 8.35. The number of aromatic nitrogens is 1. The van der Waals surface area contributed by atoms with Gasteiger partial charge in [0.2, 0.25) is 10.0 Å². The third-order valence-electron chi connectivity index (χ3n) is 7.13. The molecule has 0 radical (unpaired) electrons. The van der Waals surface area contributed by atoms with Crippen molar-refractivity contribution in [2.45, 2.75) is 38.2 Å². The number of aromatic amines is 1. The Kier molecular flexibility index (Phi) is 5.52. The van der Waals surface area contributed by atoms with Gasteiger partial charge in [-0.2, -0.15) is 0 Å². The normalized spacial score (nSPS) is 18.2. The van der Waals surface area contributed by atoms with Crippen molar-refractivity contribution >= 4 is 38.6 Å². The molecule has 1 aliphatic carbocycles. The van der Waals surface area contributed by atoms with Crippen LogP contribution in [-0.4, -0.2) is 62.8 Å². The minimum Gasteiger partial charge on any atom is -0.488 e. The topological polar surface area (TPSA) is 115 Å². The number of rotatable bonds is 5. The molecule has 8 nitrogen and oxygen atoms in total. The fraction of sp³-hybridized carbons (Fsp3) is 0.385. The molecule has 0 spiro atoms. The lowest BCUT2D eigenvalue weighted by Crippen LogP contribution is -2.36. The van der Waals surface area contributed by atoms with Gasteiger partial charge in [-0.1, -0.05) is 26.0 Å². The monoisotopic (exact) mass is 494 g/mol. The first-order valence-corrected chi connectivity index (χ1v) is 13.6. The number of nitrogens with zero attached hydrogens (tertiary/aromatic N) is 1. The maximum Gasteiger partial charge on any atom is 0.229 e. The number of likely N-dealkylation sites (tertiary alicyclic amines) is 1. The number of hydrogen-bond donors (Lipinski definition) is 3. The van der Waals surface area contributed by atoms with Crippen molar-refractivity contribution in [1.82, 2.24) is 9.88 Å². The molecule has 2 aliphatic rings. The van der Waals surface area contributed by atoms with Gasteiger partial charge in [0, 0.05) is 46.9 Å². The van der Waals surface area contributed by atoms with E-state index in [1.165, 1.54) is 6.21 Å². The van der Waals surface area contributed by atoms with Crippen LogP contribution in [-0.2, 0) is 15.4 Å². The number of nitrogens with one attached hydrogen (secondary N) is 3. The average Bonchev–Trinajstić information content (AvgIpc) is 3.19. The Labute approximate surface area is 205 Å². The van der Waals surface area contributed by atoms with Crippen LogP contribution < -0.4 is 9.46 Å². The quantitative estimate of drug-likeness (QED) is 0.466. The molecule has 9 heteroatoms. The molecular weight excluding hydrogens is 464 g/mol. The molecule has 1 fully saturated rings. The van der Waals surface area contributed by atoms with Gasteiger partial charge in [-0.05, 0) is 49.2 Å². The summed E-state index contributed by atoms with van der Waals surface area (Å²) in [5.74, 6) is 0.279. The largest absolute Gasteiger partial charge is 0.488 e. The first-order valence-electron chi connectivity index (χ1n) is 11.7. The van der Waals surface area contributed by atoms with Crippen molar-refractivity contribution in [3.05, 3.63) is 58.3 Å².